The third-order valence-electron chi connectivity index (χ3n) is 4.23. The van der Waals surface area contributed by atoms with Gasteiger partial charge in [-0.15, -0.1) is 0 Å². The molecule has 1 aliphatic carbocycles. The molecule has 2 atom stereocenters. The molecular weight excluding hydrogens is 232 g/mol. The second-order valence-corrected chi connectivity index (χ2v) is 7.33. The molecule has 0 saturated heterocycles. The van der Waals surface area contributed by atoms with Gasteiger partial charge >= 0.3 is 0 Å². The largest absolute Gasteiger partial charge is 0.299 e. The van der Waals surface area contributed by atoms with Gasteiger partial charge in [-0.3, -0.25) is 4.79 Å². The minimum absolute atomic E-state index is 0.158. The molecule has 1 nitrogen and oxygen atoms in total. The van der Waals surface area contributed by atoms with Crippen molar-refractivity contribution in [2.45, 2.75) is 59.3 Å². The summed E-state index contributed by atoms with van der Waals surface area (Å²) in [7, 11) is 0. The number of rotatable bonds is 3. The van der Waals surface area contributed by atoms with Crippen molar-refractivity contribution < 1.29 is 4.79 Å². The fraction of sp³-hybridized carbons (Fsp3) is 0.611. The average Bonchev–Trinajstić information content (AvgIpc) is 2.68. The zero-order chi connectivity index (χ0) is 14.0. The molecule has 0 N–H and O–H groups in total. The molecule has 1 aromatic carbocycles. The molecule has 19 heavy (non-hydrogen) atoms. The Morgan fingerprint density at radius 3 is 2.37 bits per heavy atom. The van der Waals surface area contributed by atoms with Gasteiger partial charge in [0.25, 0.3) is 0 Å². The first-order valence-corrected chi connectivity index (χ1v) is 7.44. The lowest BCUT2D eigenvalue weighted by Crippen LogP contribution is -2.07. The van der Waals surface area contributed by atoms with Crippen LogP contribution in [0.25, 0.3) is 0 Å². The van der Waals surface area contributed by atoms with E-state index in [9.17, 15) is 4.79 Å². The summed E-state index contributed by atoms with van der Waals surface area (Å²) in [6, 6.07) is 8.49. The van der Waals surface area contributed by atoms with Crippen LogP contribution < -0.4 is 0 Å². The maximum absolute atomic E-state index is 12.2. The molecule has 0 aromatic heterocycles. The highest BCUT2D eigenvalue weighted by atomic mass is 16.1. The first-order valence-electron chi connectivity index (χ1n) is 7.44. The fourth-order valence-electron chi connectivity index (χ4n) is 2.95. The van der Waals surface area contributed by atoms with Crippen molar-refractivity contribution >= 4 is 5.78 Å². The highest BCUT2D eigenvalue weighted by Crippen LogP contribution is 2.39. The van der Waals surface area contributed by atoms with Crippen molar-refractivity contribution in [3.05, 3.63) is 35.4 Å². The maximum Gasteiger partial charge on any atom is 0.140 e. The lowest BCUT2D eigenvalue weighted by atomic mass is 9.85. The molecule has 0 bridgehead atoms. The van der Waals surface area contributed by atoms with E-state index in [4.69, 9.17) is 0 Å². The standard InChI is InChI=1S/C18H26O/c1-13-5-7-15(8-6-13)16-11-14(12-17(16)19)9-10-18(2,3)4/h5-8,14,16H,9-12H2,1-4H3/t14-,16?/m1/s1. The quantitative estimate of drug-likeness (QED) is 0.755. The van der Waals surface area contributed by atoms with Crippen molar-refractivity contribution in [2.75, 3.05) is 0 Å². The van der Waals surface area contributed by atoms with Gasteiger partial charge in [0.05, 0.1) is 0 Å². The van der Waals surface area contributed by atoms with Crippen LogP contribution in [0, 0.1) is 18.3 Å². The Labute approximate surface area is 117 Å². The number of carbonyl (C=O) groups excluding carboxylic acids is 1. The van der Waals surface area contributed by atoms with E-state index in [-0.39, 0.29) is 5.92 Å². The van der Waals surface area contributed by atoms with Gasteiger partial charge in [0.1, 0.15) is 5.78 Å². The van der Waals surface area contributed by atoms with Crippen molar-refractivity contribution in [3.8, 4) is 0 Å². The summed E-state index contributed by atoms with van der Waals surface area (Å²) in [5, 5.41) is 0. The van der Waals surface area contributed by atoms with Crippen LogP contribution in [0.1, 0.15) is 63.5 Å². The minimum Gasteiger partial charge on any atom is -0.299 e. The summed E-state index contributed by atoms with van der Waals surface area (Å²) < 4.78 is 0. The molecule has 0 amide bonds. The zero-order valence-electron chi connectivity index (χ0n) is 12.7. The van der Waals surface area contributed by atoms with Crippen molar-refractivity contribution in [3.63, 3.8) is 0 Å². The Kier molecular flexibility index (Phi) is 4.13. The van der Waals surface area contributed by atoms with Gasteiger partial charge in [0.15, 0.2) is 0 Å². The second-order valence-electron chi connectivity index (χ2n) is 7.33. The maximum atomic E-state index is 12.2. The van der Waals surface area contributed by atoms with Gasteiger partial charge in [0.2, 0.25) is 0 Å². The second kappa shape index (κ2) is 5.48. The number of hydrogen-bond donors (Lipinski definition) is 0. The summed E-state index contributed by atoms with van der Waals surface area (Å²) >= 11 is 0. The topological polar surface area (TPSA) is 17.1 Å². The highest BCUT2D eigenvalue weighted by molar-refractivity contribution is 5.88. The third-order valence-corrected chi connectivity index (χ3v) is 4.23. The monoisotopic (exact) mass is 258 g/mol. The van der Waals surface area contributed by atoms with Crippen LogP contribution in [0.15, 0.2) is 24.3 Å². The van der Waals surface area contributed by atoms with Crippen LogP contribution in [0.4, 0.5) is 0 Å². The van der Waals surface area contributed by atoms with Gasteiger partial charge in [0, 0.05) is 12.3 Å². The van der Waals surface area contributed by atoms with Crippen LogP contribution in [-0.2, 0) is 4.79 Å². The van der Waals surface area contributed by atoms with E-state index in [1.54, 1.807) is 0 Å². The number of Topliss-reactive ketones (excluding diaryl/α,β-unsaturated/α-hetero) is 1. The summed E-state index contributed by atoms with van der Waals surface area (Å²) in [4.78, 5) is 12.2. The van der Waals surface area contributed by atoms with E-state index in [1.165, 1.54) is 24.0 Å². The third kappa shape index (κ3) is 3.92. The minimum atomic E-state index is 0.158. The molecular formula is C18H26O. The lowest BCUT2D eigenvalue weighted by Gasteiger charge is -2.20. The Bertz CT molecular complexity index is 436. The van der Waals surface area contributed by atoms with E-state index in [2.05, 4.69) is 52.0 Å². The molecule has 104 valence electrons. The van der Waals surface area contributed by atoms with Gasteiger partial charge < -0.3 is 0 Å². The van der Waals surface area contributed by atoms with Crippen LogP contribution in [-0.4, -0.2) is 5.78 Å². The summed E-state index contributed by atoms with van der Waals surface area (Å²) in [6.07, 6.45) is 4.25. The molecule has 1 heteroatoms. The first-order chi connectivity index (χ1) is 8.85. The summed E-state index contributed by atoms with van der Waals surface area (Å²) in [5.41, 5.74) is 2.86. The Morgan fingerprint density at radius 1 is 1.16 bits per heavy atom. The van der Waals surface area contributed by atoms with Crippen molar-refractivity contribution in [2.24, 2.45) is 11.3 Å². The lowest BCUT2D eigenvalue weighted by molar-refractivity contribution is -0.118. The Hall–Kier alpha value is -1.11. The van der Waals surface area contributed by atoms with E-state index < -0.39 is 0 Å². The molecule has 2 rings (SSSR count). The molecule has 0 radical (unpaired) electrons. The molecule has 1 unspecified atom stereocenters. The average molecular weight is 258 g/mol. The van der Waals surface area contributed by atoms with Crippen LogP contribution in [0.2, 0.25) is 0 Å². The molecule has 0 heterocycles. The van der Waals surface area contributed by atoms with E-state index in [0.717, 1.165) is 12.8 Å². The summed E-state index contributed by atoms with van der Waals surface area (Å²) in [5.74, 6) is 1.20. The van der Waals surface area contributed by atoms with Crippen molar-refractivity contribution in [1.29, 1.82) is 0 Å². The number of hydrogen-bond acceptors (Lipinski definition) is 1. The predicted molar refractivity (Wildman–Crippen MR) is 80.3 cm³/mol. The van der Waals surface area contributed by atoms with E-state index in [0.29, 0.717) is 17.1 Å². The van der Waals surface area contributed by atoms with Gasteiger partial charge in [-0.05, 0) is 43.1 Å². The van der Waals surface area contributed by atoms with Gasteiger partial charge in [-0.2, -0.15) is 0 Å². The van der Waals surface area contributed by atoms with Crippen molar-refractivity contribution in [1.82, 2.24) is 0 Å². The highest BCUT2D eigenvalue weighted by Gasteiger charge is 2.33. The smallest absolute Gasteiger partial charge is 0.140 e. The van der Waals surface area contributed by atoms with Crippen LogP contribution >= 0.6 is 0 Å². The summed E-state index contributed by atoms with van der Waals surface area (Å²) in [6.45, 7) is 8.93. The molecule has 1 aliphatic rings. The fourth-order valence-corrected chi connectivity index (χ4v) is 2.95. The number of aryl methyl sites for hydroxylation is 1. The molecule has 0 spiro atoms. The van der Waals surface area contributed by atoms with Crippen LogP contribution in [0.5, 0.6) is 0 Å². The van der Waals surface area contributed by atoms with E-state index >= 15 is 0 Å². The Balaban J connectivity index is 1.98. The molecule has 1 fully saturated rings. The normalized spacial score (nSPS) is 23.9. The van der Waals surface area contributed by atoms with Crippen LogP contribution in [0.3, 0.4) is 0 Å². The molecule has 0 aliphatic heterocycles. The number of carbonyl (C=O) groups is 1. The van der Waals surface area contributed by atoms with Gasteiger partial charge in [-0.25, -0.2) is 0 Å². The predicted octanol–water partition coefficient (Wildman–Crippen LogP) is 4.88. The number of ketones is 1. The Morgan fingerprint density at radius 2 is 1.79 bits per heavy atom. The van der Waals surface area contributed by atoms with Gasteiger partial charge in [-0.1, -0.05) is 50.6 Å². The SMILES string of the molecule is Cc1ccc(C2C[C@@H](CCC(C)(C)C)CC2=O)cc1. The molecule has 1 saturated carbocycles. The molecule has 1 aromatic rings. The number of benzene rings is 1. The first kappa shape index (κ1) is 14.3. The van der Waals surface area contributed by atoms with E-state index in [1.807, 2.05) is 0 Å². The zero-order valence-corrected chi connectivity index (χ0v) is 12.7.